The van der Waals surface area contributed by atoms with Crippen molar-refractivity contribution in [3.63, 3.8) is 0 Å². The van der Waals surface area contributed by atoms with Crippen LogP contribution >= 0.6 is 0 Å². The van der Waals surface area contributed by atoms with Crippen LogP contribution in [-0.2, 0) is 0 Å². The Labute approximate surface area is 153 Å². The first-order chi connectivity index (χ1) is 12.8. The summed E-state index contributed by atoms with van der Waals surface area (Å²) in [6, 6.07) is 33.8. The molecule has 1 aromatic heterocycles. The fourth-order valence-electron chi connectivity index (χ4n) is 3.72. The summed E-state index contributed by atoms with van der Waals surface area (Å²) in [5.74, 6) is 0. The van der Waals surface area contributed by atoms with Crippen LogP contribution in [0.3, 0.4) is 0 Å². The highest BCUT2D eigenvalue weighted by Gasteiger charge is 2.12. The van der Waals surface area contributed by atoms with Crippen molar-refractivity contribution in [2.45, 2.75) is 0 Å². The Morgan fingerprint density at radius 2 is 1.27 bits per heavy atom. The van der Waals surface area contributed by atoms with Gasteiger partial charge in [0.05, 0.1) is 11.0 Å². The van der Waals surface area contributed by atoms with E-state index in [0.29, 0.717) is 0 Å². The number of para-hydroxylation sites is 1. The van der Waals surface area contributed by atoms with E-state index in [4.69, 9.17) is 7.85 Å². The standard InChI is InChI=1S/C24H16BN/c25-19-13-14-22-21-11-4-5-12-23(21)26(24(22)16-19)20-10-6-9-18(15-20)17-7-2-1-3-8-17/h1-16H. The highest BCUT2D eigenvalue weighted by atomic mass is 15.0. The van der Waals surface area contributed by atoms with Crippen molar-refractivity contribution in [3.05, 3.63) is 97.1 Å². The zero-order valence-corrected chi connectivity index (χ0v) is 14.3. The summed E-state index contributed by atoms with van der Waals surface area (Å²) in [5.41, 5.74) is 6.67. The number of rotatable bonds is 2. The largest absolute Gasteiger partial charge is 0.309 e. The molecule has 2 heteroatoms. The molecule has 2 radical (unpaired) electrons. The van der Waals surface area contributed by atoms with Crippen LogP contribution in [0.2, 0.25) is 0 Å². The van der Waals surface area contributed by atoms with Gasteiger partial charge in [0.15, 0.2) is 0 Å². The molecule has 0 saturated heterocycles. The molecule has 5 aromatic rings. The fraction of sp³-hybridized carbons (Fsp3) is 0. The van der Waals surface area contributed by atoms with E-state index in [9.17, 15) is 0 Å². The number of hydrogen-bond donors (Lipinski definition) is 0. The quantitative estimate of drug-likeness (QED) is 0.390. The van der Waals surface area contributed by atoms with Gasteiger partial charge >= 0.3 is 0 Å². The van der Waals surface area contributed by atoms with Crippen molar-refractivity contribution >= 4 is 35.1 Å². The molecule has 0 unspecified atom stereocenters. The normalized spacial score (nSPS) is 11.2. The van der Waals surface area contributed by atoms with Crippen LogP contribution < -0.4 is 5.46 Å². The first kappa shape index (κ1) is 15.0. The minimum absolute atomic E-state index is 0.778. The Kier molecular flexibility index (Phi) is 3.43. The van der Waals surface area contributed by atoms with E-state index >= 15 is 0 Å². The molecule has 1 nitrogen and oxygen atoms in total. The smallest absolute Gasteiger partial charge is 0.113 e. The zero-order valence-electron chi connectivity index (χ0n) is 14.3. The van der Waals surface area contributed by atoms with E-state index in [1.54, 1.807) is 0 Å². The topological polar surface area (TPSA) is 4.93 Å². The lowest BCUT2D eigenvalue weighted by atomic mass is 9.95. The monoisotopic (exact) mass is 329 g/mol. The number of fused-ring (bicyclic) bond motifs is 3. The number of benzene rings is 4. The van der Waals surface area contributed by atoms with E-state index in [2.05, 4.69) is 89.5 Å². The van der Waals surface area contributed by atoms with Crippen molar-refractivity contribution in [3.8, 4) is 16.8 Å². The summed E-state index contributed by atoms with van der Waals surface area (Å²) in [6.45, 7) is 0. The van der Waals surface area contributed by atoms with E-state index in [0.717, 1.165) is 16.7 Å². The van der Waals surface area contributed by atoms with Crippen LogP contribution in [0.4, 0.5) is 0 Å². The Bertz CT molecular complexity index is 1240. The van der Waals surface area contributed by atoms with Crippen LogP contribution in [0, 0.1) is 0 Å². The molecule has 120 valence electrons. The molecular weight excluding hydrogens is 313 g/mol. The molecule has 0 N–H and O–H groups in total. The SMILES string of the molecule is [B]c1ccc2c3ccccc3n(-c3cccc(-c4ccccc4)c3)c2c1. The third-order valence-corrected chi connectivity index (χ3v) is 4.91. The van der Waals surface area contributed by atoms with Crippen LogP contribution in [0.1, 0.15) is 0 Å². The second-order valence-electron chi connectivity index (χ2n) is 6.55. The van der Waals surface area contributed by atoms with Gasteiger partial charge in [-0.05, 0) is 35.4 Å². The molecule has 4 aromatic carbocycles. The third kappa shape index (κ3) is 2.34. The lowest BCUT2D eigenvalue weighted by Crippen LogP contribution is -2.02. The molecule has 0 aliphatic rings. The molecule has 0 spiro atoms. The van der Waals surface area contributed by atoms with Gasteiger partial charge in [-0.3, -0.25) is 0 Å². The first-order valence-corrected chi connectivity index (χ1v) is 8.76. The molecule has 0 atom stereocenters. The van der Waals surface area contributed by atoms with Crippen LogP contribution in [0.25, 0.3) is 38.6 Å². The maximum absolute atomic E-state index is 6.10. The van der Waals surface area contributed by atoms with Crippen molar-refractivity contribution in [2.75, 3.05) is 0 Å². The average Bonchev–Trinajstić information content (AvgIpc) is 3.02. The van der Waals surface area contributed by atoms with Crippen LogP contribution in [0.5, 0.6) is 0 Å². The second-order valence-corrected chi connectivity index (χ2v) is 6.55. The summed E-state index contributed by atoms with van der Waals surface area (Å²) in [5, 5.41) is 2.47. The van der Waals surface area contributed by atoms with Gasteiger partial charge in [0.2, 0.25) is 0 Å². The maximum Gasteiger partial charge on any atom is 0.113 e. The molecule has 5 rings (SSSR count). The highest BCUT2D eigenvalue weighted by Crippen LogP contribution is 2.32. The van der Waals surface area contributed by atoms with Crippen molar-refractivity contribution in [2.24, 2.45) is 0 Å². The Morgan fingerprint density at radius 1 is 0.538 bits per heavy atom. The number of aromatic nitrogens is 1. The van der Waals surface area contributed by atoms with Crippen molar-refractivity contribution in [1.29, 1.82) is 0 Å². The Balaban J connectivity index is 1.83. The highest BCUT2D eigenvalue weighted by molar-refractivity contribution is 6.33. The molecule has 0 saturated carbocycles. The minimum atomic E-state index is 0.778. The molecular formula is C24H16BN. The van der Waals surface area contributed by atoms with Crippen molar-refractivity contribution in [1.82, 2.24) is 4.57 Å². The predicted molar refractivity (Wildman–Crippen MR) is 112 cm³/mol. The summed E-state index contributed by atoms with van der Waals surface area (Å²) < 4.78 is 2.30. The Morgan fingerprint density at radius 3 is 2.15 bits per heavy atom. The zero-order chi connectivity index (χ0) is 17.5. The van der Waals surface area contributed by atoms with Gasteiger partial charge < -0.3 is 4.57 Å². The fourth-order valence-corrected chi connectivity index (χ4v) is 3.72. The first-order valence-electron chi connectivity index (χ1n) is 8.76. The molecule has 0 aliphatic carbocycles. The third-order valence-electron chi connectivity index (χ3n) is 4.91. The van der Waals surface area contributed by atoms with Crippen molar-refractivity contribution < 1.29 is 0 Å². The molecule has 26 heavy (non-hydrogen) atoms. The average molecular weight is 329 g/mol. The van der Waals surface area contributed by atoms with E-state index in [1.165, 1.54) is 27.4 Å². The number of hydrogen-bond acceptors (Lipinski definition) is 0. The minimum Gasteiger partial charge on any atom is -0.309 e. The van der Waals surface area contributed by atoms with Crippen LogP contribution in [-0.4, -0.2) is 12.4 Å². The summed E-state index contributed by atoms with van der Waals surface area (Å²) in [4.78, 5) is 0. The summed E-state index contributed by atoms with van der Waals surface area (Å²) in [7, 11) is 6.10. The van der Waals surface area contributed by atoms with Gasteiger partial charge in [0, 0.05) is 16.5 Å². The maximum atomic E-state index is 6.10. The lowest BCUT2D eigenvalue weighted by molar-refractivity contribution is 1.18. The van der Waals surface area contributed by atoms with E-state index < -0.39 is 0 Å². The van der Waals surface area contributed by atoms with E-state index in [1.807, 2.05) is 12.1 Å². The Hall–Kier alpha value is -3.26. The number of nitrogens with zero attached hydrogens (tertiary/aromatic N) is 1. The van der Waals surface area contributed by atoms with Gasteiger partial charge in [0.1, 0.15) is 7.85 Å². The molecule has 0 fully saturated rings. The second kappa shape index (κ2) is 5.92. The molecule has 0 bridgehead atoms. The van der Waals surface area contributed by atoms with Crippen LogP contribution in [0.15, 0.2) is 97.1 Å². The van der Waals surface area contributed by atoms with Gasteiger partial charge in [-0.2, -0.15) is 0 Å². The lowest BCUT2D eigenvalue weighted by Gasteiger charge is -2.10. The van der Waals surface area contributed by atoms with E-state index in [-0.39, 0.29) is 0 Å². The van der Waals surface area contributed by atoms with Gasteiger partial charge in [-0.15, -0.1) is 0 Å². The van der Waals surface area contributed by atoms with Gasteiger partial charge in [-0.1, -0.05) is 78.3 Å². The van der Waals surface area contributed by atoms with Gasteiger partial charge in [-0.25, -0.2) is 0 Å². The molecule has 0 amide bonds. The molecule has 1 heterocycles. The summed E-state index contributed by atoms with van der Waals surface area (Å²) in [6.07, 6.45) is 0. The predicted octanol–water partition coefficient (Wildman–Crippen LogP) is 5.24. The summed E-state index contributed by atoms with van der Waals surface area (Å²) >= 11 is 0. The molecule has 0 aliphatic heterocycles. The van der Waals surface area contributed by atoms with Gasteiger partial charge in [0.25, 0.3) is 0 Å².